The van der Waals surface area contributed by atoms with Crippen LogP contribution in [0.2, 0.25) is 5.02 Å². The van der Waals surface area contributed by atoms with Crippen molar-refractivity contribution in [2.45, 2.75) is 33.2 Å². The van der Waals surface area contributed by atoms with E-state index in [1.165, 1.54) is 0 Å². The molecule has 3 N–H and O–H groups in total. The zero-order valence-corrected chi connectivity index (χ0v) is 12.9. The Hall–Kier alpha value is -2.01. The number of carbonyl (C=O) groups is 1. The van der Waals surface area contributed by atoms with Crippen LogP contribution in [0.1, 0.15) is 24.1 Å². The normalized spacial score (nSPS) is 10.6. The Morgan fingerprint density at radius 1 is 1.43 bits per heavy atom. The van der Waals surface area contributed by atoms with Gasteiger partial charge in [-0.2, -0.15) is 5.10 Å². The number of carbonyl (C=O) groups excluding carboxylic acids is 1. The molecule has 0 saturated heterocycles. The van der Waals surface area contributed by atoms with E-state index in [1.54, 1.807) is 16.9 Å². The first-order valence-corrected chi connectivity index (χ1v) is 7.19. The number of aromatic nitrogens is 2. The highest BCUT2D eigenvalue weighted by Gasteiger charge is 2.06. The van der Waals surface area contributed by atoms with Crippen LogP contribution >= 0.6 is 11.6 Å². The monoisotopic (exact) mass is 306 g/mol. The van der Waals surface area contributed by atoms with Gasteiger partial charge in [0.05, 0.1) is 10.7 Å². The van der Waals surface area contributed by atoms with E-state index in [0.29, 0.717) is 30.1 Å². The molecule has 0 aliphatic rings. The minimum absolute atomic E-state index is 0.0290. The molecule has 0 fully saturated rings. The maximum absolute atomic E-state index is 11.9. The van der Waals surface area contributed by atoms with Crippen molar-refractivity contribution in [1.29, 1.82) is 0 Å². The molecule has 0 saturated carbocycles. The molecule has 1 amide bonds. The number of nitrogens with one attached hydrogen (secondary N) is 1. The summed E-state index contributed by atoms with van der Waals surface area (Å²) in [6, 6.07) is 5.47. The maximum atomic E-state index is 11.9. The number of nitrogens with zero attached hydrogens (tertiary/aromatic N) is 2. The summed E-state index contributed by atoms with van der Waals surface area (Å²) in [4.78, 5) is 11.9. The highest BCUT2D eigenvalue weighted by molar-refractivity contribution is 6.31. The fraction of sp³-hybridized carbons (Fsp3) is 0.333. The van der Waals surface area contributed by atoms with Crippen LogP contribution in [0.5, 0.6) is 0 Å². The van der Waals surface area contributed by atoms with Crippen molar-refractivity contribution >= 4 is 28.9 Å². The number of anilines is 2. The number of halogens is 1. The van der Waals surface area contributed by atoms with Gasteiger partial charge in [0.15, 0.2) is 0 Å². The number of rotatable bonds is 5. The molecule has 1 aromatic heterocycles. The molecule has 0 bridgehead atoms. The second-order valence-electron chi connectivity index (χ2n) is 5.05. The molecule has 0 atom stereocenters. The molecule has 0 radical (unpaired) electrons. The maximum Gasteiger partial charge on any atom is 0.224 e. The van der Waals surface area contributed by atoms with E-state index in [4.69, 9.17) is 17.3 Å². The van der Waals surface area contributed by atoms with Crippen LogP contribution in [0, 0.1) is 13.8 Å². The van der Waals surface area contributed by atoms with Gasteiger partial charge in [-0.25, -0.2) is 0 Å². The summed E-state index contributed by atoms with van der Waals surface area (Å²) in [5.41, 5.74) is 8.91. The van der Waals surface area contributed by atoms with E-state index in [1.807, 2.05) is 26.0 Å². The van der Waals surface area contributed by atoms with Crippen molar-refractivity contribution in [2.24, 2.45) is 0 Å². The third-order valence-corrected chi connectivity index (χ3v) is 3.58. The molecule has 6 heteroatoms. The quantitative estimate of drug-likeness (QED) is 0.833. The lowest BCUT2D eigenvalue weighted by molar-refractivity contribution is -0.116. The van der Waals surface area contributed by atoms with Gasteiger partial charge in [0, 0.05) is 30.5 Å². The van der Waals surface area contributed by atoms with Gasteiger partial charge in [-0.3, -0.25) is 9.48 Å². The first kappa shape index (κ1) is 15.4. The van der Waals surface area contributed by atoms with Crippen molar-refractivity contribution in [3.63, 3.8) is 0 Å². The number of hydrogen-bond donors (Lipinski definition) is 2. The molecule has 0 aliphatic heterocycles. The van der Waals surface area contributed by atoms with Crippen molar-refractivity contribution < 1.29 is 4.79 Å². The van der Waals surface area contributed by atoms with Crippen LogP contribution < -0.4 is 11.1 Å². The fourth-order valence-electron chi connectivity index (χ4n) is 2.00. The Kier molecular flexibility index (Phi) is 4.85. The number of nitrogen functional groups attached to an aromatic ring is 1. The predicted molar refractivity (Wildman–Crippen MR) is 85.4 cm³/mol. The minimum atomic E-state index is -0.0290. The molecule has 0 spiro atoms. The smallest absolute Gasteiger partial charge is 0.224 e. The fourth-order valence-corrected chi connectivity index (χ4v) is 2.15. The van der Waals surface area contributed by atoms with Crippen molar-refractivity contribution in [2.75, 3.05) is 11.1 Å². The molecule has 21 heavy (non-hydrogen) atoms. The van der Waals surface area contributed by atoms with Gasteiger partial charge in [-0.15, -0.1) is 0 Å². The highest BCUT2D eigenvalue weighted by atomic mass is 35.5. The first-order chi connectivity index (χ1) is 9.95. The number of hydrogen-bond acceptors (Lipinski definition) is 3. The van der Waals surface area contributed by atoms with Gasteiger partial charge in [0.25, 0.3) is 0 Å². The summed E-state index contributed by atoms with van der Waals surface area (Å²) >= 11 is 5.94. The van der Waals surface area contributed by atoms with E-state index in [9.17, 15) is 4.79 Å². The molecular formula is C15H19ClN4O. The van der Waals surface area contributed by atoms with Gasteiger partial charge in [0.2, 0.25) is 5.91 Å². The summed E-state index contributed by atoms with van der Waals surface area (Å²) in [7, 11) is 0. The standard InChI is InChI=1S/C15H19ClN4O/c1-10-5-6-12(17)8-14(10)18-15(21)4-3-7-20-9-13(16)11(2)19-20/h5-6,8-9H,3-4,7,17H2,1-2H3,(H,18,21). The molecule has 5 nitrogen and oxygen atoms in total. The van der Waals surface area contributed by atoms with Crippen LogP contribution in [-0.2, 0) is 11.3 Å². The van der Waals surface area contributed by atoms with Gasteiger partial charge < -0.3 is 11.1 Å². The van der Waals surface area contributed by atoms with E-state index in [2.05, 4.69) is 10.4 Å². The minimum Gasteiger partial charge on any atom is -0.399 e. The Balaban J connectivity index is 1.83. The lowest BCUT2D eigenvalue weighted by Crippen LogP contribution is -2.13. The second-order valence-corrected chi connectivity index (χ2v) is 5.46. The molecule has 2 rings (SSSR count). The van der Waals surface area contributed by atoms with E-state index < -0.39 is 0 Å². The van der Waals surface area contributed by atoms with Crippen LogP contribution in [0.4, 0.5) is 11.4 Å². The van der Waals surface area contributed by atoms with E-state index in [-0.39, 0.29) is 5.91 Å². The van der Waals surface area contributed by atoms with Crippen LogP contribution in [0.25, 0.3) is 0 Å². The number of amides is 1. The summed E-state index contributed by atoms with van der Waals surface area (Å²) in [5.74, 6) is -0.0290. The number of aryl methyl sites for hydroxylation is 3. The SMILES string of the molecule is Cc1ccc(N)cc1NC(=O)CCCn1cc(Cl)c(C)n1. The Morgan fingerprint density at radius 3 is 2.86 bits per heavy atom. The van der Waals surface area contributed by atoms with Gasteiger partial charge in [0.1, 0.15) is 0 Å². The van der Waals surface area contributed by atoms with Gasteiger partial charge >= 0.3 is 0 Å². The summed E-state index contributed by atoms with van der Waals surface area (Å²) < 4.78 is 1.76. The lowest BCUT2D eigenvalue weighted by Gasteiger charge is -2.09. The summed E-state index contributed by atoms with van der Waals surface area (Å²) in [6.07, 6.45) is 2.90. The van der Waals surface area contributed by atoms with Crippen molar-refractivity contribution in [1.82, 2.24) is 9.78 Å². The third kappa shape index (κ3) is 4.23. The Labute approximate surface area is 129 Å². The van der Waals surface area contributed by atoms with Crippen LogP contribution in [0.3, 0.4) is 0 Å². The highest BCUT2D eigenvalue weighted by Crippen LogP contribution is 2.18. The van der Waals surface area contributed by atoms with E-state index >= 15 is 0 Å². The number of benzene rings is 1. The zero-order valence-electron chi connectivity index (χ0n) is 12.2. The Bertz CT molecular complexity index is 632. The van der Waals surface area contributed by atoms with Gasteiger partial charge in [-0.05, 0) is 38.0 Å². The molecule has 1 aromatic carbocycles. The molecule has 0 aliphatic carbocycles. The van der Waals surface area contributed by atoms with Crippen LogP contribution in [-0.4, -0.2) is 15.7 Å². The summed E-state index contributed by atoms with van der Waals surface area (Å²) in [6.45, 7) is 4.45. The molecule has 112 valence electrons. The average Bonchev–Trinajstić information content (AvgIpc) is 2.73. The second kappa shape index (κ2) is 6.63. The first-order valence-electron chi connectivity index (χ1n) is 6.81. The summed E-state index contributed by atoms with van der Waals surface area (Å²) in [5, 5.41) is 7.78. The molecular weight excluding hydrogens is 288 g/mol. The lowest BCUT2D eigenvalue weighted by atomic mass is 10.1. The number of nitrogens with two attached hydrogens (primary N) is 1. The Morgan fingerprint density at radius 2 is 2.19 bits per heavy atom. The van der Waals surface area contributed by atoms with Crippen molar-refractivity contribution in [3.05, 3.63) is 40.7 Å². The predicted octanol–water partition coefficient (Wildman–Crippen LogP) is 3.15. The van der Waals surface area contributed by atoms with Gasteiger partial charge in [-0.1, -0.05) is 17.7 Å². The third-order valence-electron chi connectivity index (χ3n) is 3.21. The van der Waals surface area contributed by atoms with E-state index in [0.717, 1.165) is 16.9 Å². The van der Waals surface area contributed by atoms with Crippen molar-refractivity contribution in [3.8, 4) is 0 Å². The molecule has 1 heterocycles. The zero-order chi connectivity index (χ0) is 15.4. The van der Waals surface area contributed by atoms with Crippen LogP contribution in [0.15, 0.2) is 24.4 Å². The molecule has 0 unspecified atom stereocenters. The molecule has 2 aromatic rings. The largest absolute Gasteiger partial charge is 0.399 e. The topological polar surface area (TPSA) is 72.9 Å². The average molecular weight is 307 g/mol.